The van der Waals surface area contributed by atoms with E-state index >= 15 is 0 Å². The van der Waals surface area contributed by atoms with E-state index in [1.165, 1.54) is 4.90 Å². The topological polar surface area (TPSA) is 108 Å². The van der Waals surface area contributed by atoms with Crippen molar-refractivity contribution in [2.45, 2.75) is 91.8 Å². The van der Waals surface area contributed by atoms with Crippen LogP contribution in [0.4, 0.5) is 4.79 Å². The summed E-state index contributed by atoms with van der Waals surface area (Å²) in [6, 6.07) is 5.58. The maximum Gasteiger partial charge on any atom is 0.408 e. The van der Waals surface area contributed by atoms with E-state index in [2.05, 4.69) is 17.6 Å². The van der Waals surface area contributed by atoms with Crippen molar-refractivity contribution < 1.29 is 24.2 Å². The van der Waals surface area contributed by atoms with Crippen molar-refractivity contribution in [1.82, 2.24) is 15.5 Å². The van der Waals surface area contributed by atoms with Crippen molar-refractivity contribution in [2.75, 3.05) is 19.7 Å². The summed E-state index contributed by atoms with van der Waals surface area (Å²) in [5, 5.41) is 15.5. The summed E-state index contributed by atoms with van der Waals surface area (Å²) in [5.74, 6) is -0.657. The van der Waals surface area contributed by atoms with Crippen molar-refractivity contribution in [3.8, 4) is 0 Å². The standard InChI is InChI=1S/C27H45N3O5/c1-8-9-10-15-28-24(32)23(21-13-11-20(4)12-14-21)30(16-17-31)25(33)22(18-19(2)3)29-26(34)35-27(5,6)7/h11-14,19,22-23,31H,8-10,15-18H2,1-7H3,(H,28,32)(H,29,34). The molecule has 1 aromatic carbocycles. The normalized spacial score (nSPS) is 13.2. The number of nitrogens with zero attached hydrogens (tertiary/aromatic N) is 1. The van der Waals surface area contributed by atoms with Gasteiger partial charge in [0.1, 0.15) is 17.7 Å². The highest BCUT2D eigenvalue weighted by atomic mass is 16.6. The third kappa shape index (κ3) is 11.1. The van der Waals surface area contributed by atoms with Gasteiger partial charge in [0.05, 0.1) is 6.61 Å². The van der Waals surface area contributed by atoms with Crippen LogP contribution in [0.5, 0.6) is 0 Å². The van der Waals surface area contributed by atoms with Crippen molar-refractivity contribution in [3.05, 3.63) is 35.4 Å². The molecule has 3 amide bonds. The molecule has 2 unspecified atom stereocenters. The number of ether oxygens (including phenoxy) is 1. The van der Waals surface area contributed by atoms with Crippen LogP contribution in [0.2, 0.25) is 0 Å². The van der Waals surface area contributed by atoms with Gasteiger partial charge in [-0.15, -0.1) is 0 Å². The van der Waals surface area contributed by atoms with Crippen molar-refractivity contribution in [3.63, 3.8) is 0 Å². The second kappa shape index (κ2) is 14.7. The number of carbonyl (C=O) groups is 3. The number of amides is 3. The van der Waals surface area contributed by atoms with E-state index in [0.29, 0.717) is 18.5 Å². The maximum atomic E-state index is 13.8. The molecule has 0 saturated heterocycles. The first-order chi connectivity index (χ1) is 16.4. The number of nitrogens with one attached hydrogen (secondary N) is 2. The first-order valence-corrected chi connectivity index (χ1v) is 12.6. The van der Waals surface area contributed by atoms with Crippen LogP contribution in [-0.2, 0) is 14.3 Å². The van der Waals surface area contributed by atoms with E-state index in [4.69, 9.17) is 4.74 Å². The molecule has 0 fully saturated rings. The van der Waals surface area contributed by atoms with E-state index in [1.54, 1.807) is 20.8 Å². The molecular formula is C27H45N3O5. The smallest absolute Gasteiger partial charge is 0.408 e. The first kappa shape index (κ1) is 30.4. The minimum Gasteiger partial charge on any atom is -0.444 e. The van der Waals surface area contributed by atoms with Crippen LogP contribution >= 0.6 is 0 Å². The van der Waals surface area contributed by atoms with E-state index < -0.39 is 29.7 Å². The van der Waals surface area contributed by atoms with Crippen LogP contribution in [0.25, 0.3) is 0 Å². The van der Waals surface area contributed by atoms with Gasteiger partial charge < -0.3 is 25.4 Å². The molecule has 1 rings (SSSR count). The Bertz CT molecular complexity index is 802. The highest BCUT2D eigenvalue weighted by Crippen LogP contribution is 2.24. The van der Waals surface area contributed by atoms with Gasteiger partial charge in [0, 0.05) is 13.1 Å². The lowest BCUT2D eigenvalue weighted by Crippen LogP contribution is -2.54. The third-order valence-electron chi connectivity index (χ3n) is 5.35. The molecule has 8 heteroatoms. The Hall–Kier alpha value is -2.61. The molecule has 0 spiro atoms. The second-order valence-electron chi connectivity index (χ2n) is 10.4. The Balaban J connectivity index is 3.32. The molecule has 3 N–H and O–H groups in total. The van der Waals surface area contributed by atoms with Crippen molar-refractivity contribution >= 4 is 17.9 Å². The van der Waals surface area contributed by atoms with E-state index in [0.717, 1.165) is 24.8 Å². The zero-order chi connectivity index (χ0) is 26.6. The van der Waals surface area contributed by atoms with Gasteiger partial charge in [-0.3, -0.25) is 9.59 Å². The minimum atomic E-state index is -0.938. The summed E-state index contributed by atoms with van der Waals surface area (Å²) in [7, 11) is 0. The van der Waals surface area contributed by atoms with E-state index in [1.807, 2.05) is 45.0 Å². The maximum absolute atomic E-state index is 13.8. The molecule has 8 nitrogen and oxygen atoms in total. The van der Waals surface area contributed by atoms with Gasteiger partial charge in [-0.25, -0.2) is 4.79 Å². The molecule has 0 aliphatic rings. The molecule has 0 radical (unpaired) electrons. The molecule has 198 valence electrons. The van der Waals surface area contributed by atoms with Crippen LogP contribution in [0.3, 0.4) is 0 Å². The summed E-state index contributed by atoms with van der Waals surface area (Å²) in [6.45, 7) is 13.3. The van der Waals surface area contributed by atoms with Crippen LogP contribution in [0.1, 0.15) is 84.4 Å². The van der Waals surface area contributed by atoms with Gasteiger partial charge in [-0.05, 0) is 52.0 Å². The van der Waals surface area contributed by atoms with Gasteiger partial charge in [-0.1, -0.05) is 63.4 Å². The molecule has 0 saturated carbocycles. The number of aryl methyl sites for hydroxylation is 1. The van der Waals surface area contributed by atoms with E-state index in [-0.39, 0.29) is 25.0 Å². The quantitative estimate of drug-likeness (QED) is 0.360. The number of aliphatic hydroxyl groups excluding tert-OH is 1. The number of hydrogen-bond donors (Lipinski definition) is 3. The number of hydrogen-bond acceptors (Lipinski definition) is 5. The molecule has 2 atom stereocenters. The SMILES string of the molecule is CCCCCNC(=O)C(c1ccc(C)cc1)N(CCO)C(=O)C(CC(C)C)NC(=O)OC(C)(C)C. The molecular weight excluding hydrogens is 446 g/mol. The predicted octanol–water partition coefficient (Wildman–Crippen LogP) is 4.10. The van der Waals surface area contributed by atoms with Crippen LogP contribution in [0, 0.1) is 12.8 Å². The molecule has 35 heavy (non-hydrogen) atoms. The molecule has 0 aromatic heterocycles. The minimum absolute atomic E-state index is 0.0512. The van der Waals surface area contributed by atoms with Gasteiger partial charge in [0.2, 0.25) is 11.8 Å². The molecule has 0 aliphatic carbocycles. The number of rotatable bonds is 13. The average Bonchev–Trinajstić information content (AvgIpc) is 2.75. The Labute approximate surface area is 210 Å². The van der Waals surface area contributed by atoms with E-state index in [9.17, 15) is 19.5 Å². The number of carbonyl (C=O) groups excluding carboxylic acids is 3. The van der Waals surface area contributed by atoms with Crippen LogP contribution in [-0.4, -0.2) is 59.3 Å². The number of alkyl carbamates (subject to hydrolysis) is 1. The number of benzene rings is 1. The Morgan fingerprint density at radius 2 is 1.71 bits per heavy atom. The van der Waals surface area contributed by atoms with Gasteiger partial charge in [-0.2, -0.15) is 0 Å². The lowest BCUT2D eigenvalue weighted by Gasteiger charge is -2.34. The van der Waals surface area contributed by atoms with Crippen LogP contribution in [0.15, 0.2) is 24.3 Å². The molecule has 0 aliphatic heterocycles. The zero-order valence-electron chi connectivity index (χ0n) is 22.5. The Morgan fingerprint density at radius 1 is 1.09 bits per heavy atom. The van der Waals surface area contributed by atoms with Gasteiger partial charge in [0.25, 0.3) is 0 Å². The first-order valence-electron chi connectivity index (χ1n) is 12.6. The summed E-state index contributed by atoms with van der Waals surface area (Å²) in [6.07, 6.45) is 2.52. The molecule has 1 aromatic rings. The summed E-state index contributed by atoms with van der Waals surface area (Å²) < 4.78 is 5.37. The zero-order valence-corrected chi connectivity index (χ0v) is 22.5. The Kier molecular flexibility index (Phi) is 12.8. The third-order valence-corrected chi connectivity index (χ3v) is 5.35. The highest BCUT2D eigenvalue weighted by Gasteiger charge is 2.36. The number of unbranched alkanes of at least 4 members (excludes halogenated alkanes) is 2. The average molecular weight is 492 g/mol. The second-order valence-corrected chi connectivity index (χ2v) is 10.4. The van der Waals surface area contributed by atoms with Gasteiger partial charge >= 0.3 is 6.09 Å². The fourth-order valence-corrected chi connectivity index (χ4v) is 3.72. The molecule has 0 bridgehead atoms. The number of aliphatic hydroxyl groups is 1. The van der Waals surface area contributed by atoms with Crippen molar-refractivity contribution in [2.24, 2.45) is 5.92 Å². The molecule has 0 heterocycles. The predicted molar refractivity (Wildman–Crippen MR) is 138 cm³/mol. The largest absolute Gasteiger partial charge is 0.444 e. The Morgan fingerprint density at radius 3 is 2.23 bits per heavy atom. The van der Waals surface area contributed by atoms with Crippen LogP contribution < -0.4 is 10.6 Å². The monoisotopic (exact) mass is 491 g/mol. The van der Waals surface area contributed by atoms with Gasteiger partial charge in [0.15, 0.2) is 0 Å². The summed E-state index contributed by atoms with van der Waals surface area (Å²) in [5.41, 5.74) is 0.953. The lowest BCUT2D eigenvalue weighted by atomic mass is 9.98. The fourth-order valence-electron chi connectivity index (χ4n) is 3.72. The summed E-state index contributed by atoms with van der Waals surface area (Å²) >= 11 is 0. The highest BCUT2D eigenvalue weighted by molar-refractivity contribution is 5.92. The lowest BCUT2D eigenvalue weighted by molar-refractivity contribution is -0.143. The fraction of sp³-hybridized carbons (Fsp3) is 0.667. The summed E-state index contributed by atoms with van der Waals surface area (Å²) in [4.78, 5) is 41.0. The van der Waals surface area contributed by atoms with Crippen molar-refractivity contribution in [1.29, 1.82) is 0 Å².